The number of piperazine rings is 1. The van der Waals surface area contributed by atoms with Gasteiger partial charge in [-0.15, -0.1) is 0 Å². The molecule has 2 heterocycles. The number of carbonyl (C=O) groups is 1. The van der Waals surface area contributed by atoms with E-state index in [1.165, 1.54) is 5.56 Å². The zero-order valence-corrected chi connectivity index (χ0v) is 14.9. The van der Waals surface area contributed by atoms with Crippen molar-refractivity contribution >= 4 is 11.6 Å². The number of anilines is 1. The molecule has 0 aromatic heterocycles. The van der Waals surface area contributed by atoms with E-state index in [0.717, 1.165) is 58.0 Å². The van der Waals surface area contributed by atoms with Crippen molar-refractivity contribution in [2.45, 2.75) is 26.3 Å². The first-order chi connectivity index (χ1) is 11.7. The number of nitrogens with zero attached hydrogens (tertiary/aromatic N) is 3. The number of ether oxygens (including phenoxy) is 1. The van der Waals surface area contributed by atoms with E-state index in [9.17, 15) is 4.79 Å². The van der Waals surface area contributed by atoms with E-state index in [1.54, 1.807) is 0 Å². The largest absolute Gasteiger partial charge is 0.380 e. The quantitative estimate of drug-likeness (QED) is 0.742. The van der Waals surface area contributed by atoms with Crippen molar-refractivity contribution in [2.75, 3.05) is 57.4 Å². The van der Waals surface area contributed by atoms with Gasteiger partial charge in [0.15, 0.2) is 0 Å². The molecule has 132 valence electrons. The molecule has 3 rings (SSSR count). The van der Waals surface area contributed by atoms with Gasteiger partial charge in [0.05, 0.1) is 13.2 Å². The second kappa shape index (κ2) is 8.10. The highest BCUT2D eigenvalue weighted by Crippen LogP contribution is 2.27. The lowest BCUT2D eigenvalue weighted by molar-refractivity contribution is -0.120. The number of carbonyl (C=O) groups excluding carboxylic acids is 1. The summed E-state index contributed by atoms with van der Waals surface area (Å²) in [6.07, 6.45) is 0.976. The summed E-state index contributed by atoms with van der Waals surface area (Å²) in [7, 11) is 0. The molecule has 2 aliphatic heterocycles. The minimum absolute atomic E-state index is 0.231. The Hall–Kier alpha value is -1.43. The highest BCUT2D eigenvalue weighted by atomic mass is 16.5. The summed E-state index contributed by atoms with van der Waals surface area (Å²) in [6.45, 7) is 11.1. The molecule has 5 nitrogen and oxygen atoms in total. The maximum atomic E-state index is 12.7. The average molecular weight is 331 g/mol. The number of benzene rings is 1. The SMILES string of the molecule is CCOCCN1CCN(CC(=O)N2CCc3ccccc32)C[C@H]1C. The van der Waals surface area contributed by atoms with Gasteiger partial charge in [0.1, 0.15) is 0 Å². The van der Waals surface area contributed by atoms with Gasteiger partial charge in [-0.1, -0.05) is 18.2 Å². The van der Waals surface area contributed by atoms with E-state index in [0.29, 0.717) is 12.6 Å². The normalized spacial score (nSPS) is 21.9. The van der Waals surface area contributed by atoms with Crippen LogP contribution in [0.25, 0.3) is 0 Å². The Morgan fingerprint density at radius 3 is 2.88 bits per heavy atom. The van der Waals surface area contributed by atoms with E-state index < -0.39 is 0 Å². The standard InChI is InChI=1S/C19H29N3O2/c1-3-24-13-12-21-11-10-20(14-16(21)2)15-19(23)22-9-8-17-6-4-5-7-18(17)22/h4-7,16H,3,8-15H2,1-2H3/t16-/m1/s1. The predicted octanol–water partition coefficient (Wildman–Crippen LogP) is 1.62. The molecule has 0 unspecified atom stereocenters. The number of amides is 1. The van der Waals surface area contributed by atoms with Crippen molar-refractivity contribution in [3.05, 3.63) is 29.8 Å². The van der Waals surface area contributed by atoms with Crippen LogP contribution in [0.5, 0.6) is 0 Å². The van der Waals surface area contributed by atoms with Crippen molar-refractivity contribution < 1.29 is 9.53 Å². The van der Waals surface area contributed by atoms with E-state index in [4.69, 9.17) is 4.74 Å². The highest BCUT2D eigenvalue weighted by Gasteiger charge is 2.28. The highest BCUT2D eigenvalue weighted by molar-refractivity contribution is 5.96. The second-order valence-corrected chi connectivity index (χ2v) is 6.74. The summed E-state index contributed by atoms with van der Waals surface area (Å²) in [6, 6.07) is 8.73. The van der Waals surface area contributed by atoms with Crippen molar-refractivity contribution in [1.29, 1.82) is 0 Å². The van der Waals surface area contributed by atoms with Crippen molar-refractivity contribution in [1.82, 2.24) is 9.80 Å². The Bertz CT molecular complexity index is 563. The van der Waals surface area contributed by atoms with Crippen LogP contribution in [-0.2, 0) is 16.0 Å². The van der Waals surface area contributed by atoms with Gasteiger partial charge in [0.25, 0.3) is 0 Å². The number of rotatable bonds is 6. The number of hydrogen-bond acceptors (Lipinski definition) is 4. The fourth-order valence-corrected chi connectivity index (χ4v) is 3.75. The average Bonchev–Trinajstić information content (AvgIpc) is 3.01. The van der Waals surface area contributed by atoms with Crippen molar-refractivity contribution in [3.63, 3.8) is 0 Å². The second-order valence-electron chi connectivity index (χ2n) is 6.74. The maximum absolute atomic E-state index is 12.7. The van der Waals surface area contributed by atoms with E-state index in [-0.39, 0.29) is 5.91 Å². The third-order valence-corrected chi connectivity index (χ3v) is 5.12. The summed E-state index contributed by atoms with van der Waals surface area (Å²) in [5.74, 6) is 0.231. The van der Waals surface area contributed by atoms with Gasteiger partial charge in [-0.25, -0.2) is 0 Å². The number of para-hydroxylation sites is 1. The van der Waals surface area contributed by atoms with Crippen LogP contribution in [0, 0.1) is 0 Å². The first kappa shape index (κ1) is 17.4. The topological polar surface area (TPSA) is 36.0 Å². The summed E-state index contributed by atoms with van der Waals surface area (Å²) >= 11 is 0. The Kier molecular flexibility index (Phi) is 5.87. The molecule has 1 atom stereocenters. The fourth-order valence-electron chi connectivity index (χ4n) is 3.75. The van der Waals surface area contributed by atoms with Crippen LogP contribution in [0.2, 0.25) is 0 Å². The Morgan fingerprint density at radius 1 is 1.25 bits per heavy atom. The summed E-state index contributed by atoms with van der Waals surface area (Å²) in [5.41, 5.74) is 2.39. The van der Waals surface area contributed by atoms with Crippen LogP contribution < -0.4 is 4.90 Å². The summed E-state index contributed by atoms with van der Waals surface area (Å²) in [4.78, 5) is 19.4. The molecule has 1 amide bonds. The fraction of sp³-hybridized carbons (Fsp3) is 0.632. The zero-order valence-electron chi connectivity index (χ0n) is 14.9. The molecule has 1 saturated heterocycles. The lowest BCUT2D eigenvalue weighted by Gasteiger charge is -2.39. The van der Waals surface area contributed by atoms with Gasteiger partial charge in [0.2, 0.25) is 5.91 Å². The van der Waals surface area contributed by atoms with Crippen LogP contribution in [0.1, 0.15) is 19.4 Å². The third kappa shape index (κ3) is 3.97. The monoisotopic (exact) mass is 331 g/mol. The van der Waals surface area contributed by atoms with E-state index >= 15 is 0 Å². The lowest BCUT2D eigenvalue weighted by Crippen LogP contribution is -2.54. The molecule has 24 heavy (non-hydrogen) atoms. The van der Waals surface area contributed by atoms with Gasteiger partial charge < -0.3 is 9.64 Å². The third-order valence-electron chi connectivity index (χ3n) is 5.12. The summed E-state index contributed by atoms with van der Waals surface area (Å²) in [5, 5.41) is 0. The minimum Gasteiger partial charge on any atom is -0.380 e. The van der Waals surface area contributed by atoms with Crippen LogP contribution in [0.15, 0.2) is 24.3 Å². The van der Waals surface area contributed by atoms with Gasteiger partial charge >= 0.3 is 0 Å². The van der Waals surface area contributed by atoms with Crippen molar-refractivity contribution in [2.24, 2.45) is 0 Å². The molecule has 0 N–H and O–H groups in total. The Morgan fingerprint density at radius 2 is 2.08 bits per heavy atom. The van der Waals surface area contributed by atoms with Crippen LogP contribution in [0.3, 0.4) is 0 Å². The molecule has 0 saturated carbocycles. The number of fused-ring (bicyclic) bond motifs is 1. The molecule has 0 radical (unpaired) electrons. The maximum Gasteiger partial charge on any atom is 0.241 e. The predicted molar refractivity (Wildman–Crippen MR) is 96.5 cm³/mol. The van der Waals surface area contributed by atoms with E-state index in [1.807, 2.05) is 17.9 Å². The van der Waals surface area contributed by atoms with Crippen LogP contribution in [-0.4, -0.2) is 74.2 Å². The molecular formula is C19H29N3O2. The van der Waals surface area contributed by atoms with Crippen LogP contribution >= 0.6 is 0 Å². The molecule has 1 aromatic rings. The molecule has 5 heteroatoms. The van der Waals surface area contributed by atoms with Gasteiger partial charge in [-0.05, 0) is 31.9 Å². The molecule has 0 aliphatic carbocycles. The van der Waals surface area contributed by atoms with Crippen LogP contribution in [0.4, 0.5) is 5.69 Å². The first-order valence-electron chi connectivity index (χ1n) is 9.11. The molecular weight excluding hydrogens is 302 g/mol. The molecule has 1 fully saturated rings. The van der Waals surface area contributed by atoms with Crippen molar-refractivity contribution in [3.8, 4) is 0 Å². The van der Waals surface area contributed by atoms with Gasteiger partial charge in [-0.3, -0.25) is 14.6 Å². The Balaban J connectivity index is 1.50. The molecule has 2 aliphatic rings. The van der Waals surface area contributed by atoms with Gasteiger partial charge in [0, 0.05) is 51.1 Å². The first-order valence-corrected chi connectivity index (χ1v) is 9.11. The summed E-state index contributed by atoms with van der Waals surface area (Å²) < 4.78 is 5.46. The molecule has 1 aromatic carbocycles. The number of hydrogen-bond donors (Lipinski definition) is 0. The Labute approximate surface area is 145 Å². The minimum atomic E-state index is 0.231. The lowest BCUT2D eigenvalue weighted by atomic mass is 10.2. The van der Waals surface area contributed by atoms with Gasteiger partial charge in [-0.2, -0.15) is 0 Å². The van der Waals surface area contributed by atoms with E-state index in [2.05, 4.69) is 34.9 Å². The zero-order chi connectivity index (χ0) is 16.9. The molecule has 0 bridgehead atoms. The molecule has 0 spiro atoms. The smallest absolute Gasteiger partial charge is 0.241 e.